The summed E-state index contributed by atoms with van der Waals surface area (Å²) in [5.41, 5.74) is 0. The van der Waals surface area contributed by atoms with E-state index in [1.165, 1.54) is 0 Å². The zero-order chi connectivity index (χ0) is 11.7. The molecule has 0 aliphatic rings. The lowest BCUT2D eigenvalue weighted by molar-refractivity contribution is -0.139. The molecule has 90 valence electrons. The second-order valence-electron chi connectivity index (χ2n) is 3.63. The van der Waals surface area contributed by atoms with Gasteiger partial charge in [0.15, 0.2) is 0 Å². The van der Waals surface area contributed by atoms with E-state index in [0.717, 1.165) is 18.8 Å². The van der Waals surface area contributed by atoms with Gasteiger partial charge in [0, 0.05) is 25.5 Å². The van der Waals surface area contributed by atoms with Crippen molar-refractivity contribution in [3.8, 4) is 0 Å². The van der Waals surface area contributed by atoms with Gasteiger partial charge in [0.1, 0.15) is 6.04 Å². The maximum Gasteiger partial charge on any atom is 0.321 e. The van der Waals surface area contributed by atoms with Crippen LogP contribution < -0.4 is 5.32 Å². The van der Waals surface area contributed by atoms with Gasteiger partial charge in [-0.1, -0.05) is 13.8 Å². The molecule has 0 aliphatic heterocycles. The number of ether oxygens (including phenoxy) is 1. The molecule has 4 nitrogen and oxygen atoms in total. The summed E-state index contributed by atoms with van der Waals surface area (Å²) < 4.78 is 4.92. The highest BCUT2D eigenvalue weighted by Gasteiger charge is 2.17. The number of carbonyl (C=O) groups is 1. The Balaban J connectivity index is 3.62. The summed E-state index contributed by atoms with van der Waals surface area (Å²) in [4.78, 5) is 10.9. The van der Waals surface area contributed by atoms with Gasteiger partial charge in [0.05, 0.1) is 0 Å². The molecule has 5 heteroatoms. The van der Waals surface area contributed by atoms with E-state index in [0.29, 0.717) is 5.75 Å². The summed E-state index contributed by atoms with van der Waals surface area (Å²) in [6.07, 6.45) is 0.967. The number of thioether (sulfide) groups is 1. The Bertz CT molecular complexity index is 176. The van der Waals surface area contributed by atoms with Gasteiger partial charge in [0.25, 0.3) is 0 Å². The largest absolute Gasteiger partial charge is 0.480 e. The molecule has 0 spiro atoms. The summed E-state index contributed by atoms with van der Waals surface area (Å²) in [7, 11) is 1.67. The van der Waals surface area contributed by atoms with Crippen molar-refractivity contribution in [3.05, 3.63) is 0 Å². The lowest BCUT2D eigenvalue weighted by Gasteiger charge is -2.16. The topological polar surface area (TPSA) is 58.6 Å². The minimum absolute atomic E-state index is 0.200. The third-order valence-electron chi connectivity index (χ3n) is 1.75. The van der Waals surface area contributed by atoms with E-state index in [9.17, 15) is 4.79 Å². The predicted molar refractivity (Wildman–Crippen MR) is 63.5 cm³/mol. The lowest BCUT2D eigenvalue weighted by Crippen LogP contribution is -2.42. The maximum atomic E-state index is 10.9. The molecule has 0 fully saturated rings. The molecule has 0 aromatic carbocycles. The Kier molecular flexibility index (Phi) is 8.85. The first-order valence-corrected chi connectivity index (χ1v) is 6.29. The van der Waals surface area contributed by atoms with Crippen molar-refractivity contribution in [1.82, 2.24) is 5.32 Å². The Morgan fingerprint density at radius 2 is 2.20 bits per heavy atom. The van der Waals surface area contributed by atoms with Crippen LogP contribution in [-0.2, 0) is 9.53 Å². The van der Waals surface area contributed by atoms with Crippen molar-refractivity contribution in [1.29, 1.82) is 0 Å². The Morgan fingerprint density at radius 3 is 2.67 bits per heavy atom. The molecule has 0 aromatic heterocycles. The molecular formula is C10H21NO3S. The zero-order valence-corrected chi connectivity index (χ0v) is 10.5. The highest BCUT2D eigenvalue weighted by atomic mass is 32.2. The second kappa shape index (κ2) is 9.00. The standard InChI is InChI=1S/C10H21NO3S/c1-8(2)11-9(10(12)13)7-15-6-4-5-14-3/h8-9,11H,4-7H2,1-3H3,(H,12,13). The smallest absolute Gasteiger partial charge is 0.321 e. The van der Waals surface area contributed by atoms with Crippen molar-refractivity contribution in [2.75, 3.05) is 25.2 Å². The van der Waals surface area contributed by atoms with E-state index in [1.54, 1.807) is 18.9 Å². The van der Waals surface area contributed by atoms with Gasteiger partial charge < -0.3 is 15.2 Å². The van der Waals surface area contributed by atoms with Gasteiger partial charge in [-0.15, -0.1) is 0 Å². The van der Waals surface area contributed by atoms with Crippen molar-refractivity contribution in [2.24, 2.45) is 0 Å². The van der Waals surface area contributed by atoms with Crippen molar-refractivity contribution < 1.29 is 14.6 Å². The van der Waals surface area contributed by atoms with Gasteiger partial charge >= 0.3 is 5.97 Å². The first-order chi connectivity index (χ1) is 7.07. The predicted octanol–water partition coefficient (Wildman–Crippen LogP) is 1.21. The molecule has 0 aliphatic carbocycles. The molecule has 0 saturated carbocycles. The maximum absolute atomic E-state index is 10.9. The van der Waals surface area contributed by atoms with Crippen LogP contribution >= 0.6 is 11.8 Å². The molecule has 0 rings (SSSR count). The zero-order valence-electron chi connectivity index (χ0n) is 9.66. The summed E-state index contributed by atoms with van der Waals surface area (Å²) in [6, 6.07) is -0.247. The number of hydrogen-bond donors (Lipinski definition) is 2. The van der Waals surface area contributed by atoms with Gasteiger partial charge in [-0.25, -0.2) is 0 Å². The first kappa shape index (κ1) is 14.7. The fraction of sp³-hybridized carbons (Fsp3) is 0.900. The molecular weight excluding hydrogens is 214 g/mol. The molecule has 0 amide bonds. The fourth-order valence-electron chi connectivity index (χ4n) is 1.10. The van der Waals surface area contributed by atoms with Crippen LogP contribution in [0.2, 0.25) is 0 Å². The van der Waals surface area contributed by atoms with E-state index >= 15 is 0 Å². The van der Waals surface area contributed by atoms with E-state index in [1.807, 2.05) is 13.8 Å². The molecule has 0 heterocycles. The Labute approximate surface area is 95.8 Å². The summed E-state index contributed by atoms with van der Waals surface area (Å²) in [5.74, 6) is 0.775. The highest BCUT2D eigenvalue weighted by Crippen LogP contribution is 2.06. The van der Waals surface area contributed by atoms with E-state index < -0.39 is 12.0 Å². The van der Waals surface area contributed by atoms with Gasteiger partial charge in [-0.05, 0) is 12.2 Å². The minimum Gasteiger partial charge on any atom is -0.480 e. The first-order valence-electron chi connectivity index (χ1n) is 5.13. The number of methoxy groups -OCH3 is 1. The number of carboxylic acid groups (broad SMARTS) is 1. The van der Waals surface area contributed by atoms with Crippen LogP contribution in [0.5, 0.6) is 0 Å². The van der Waals surface area contributed by atoms with Crippen LogP contribution in [0, 0.1) is 0 Å². The van der Waals surface area contributed by atoms with Crippen LogP contribution in [0.3, 0.4) is 0 Å². The minimum atomic E-state index is -0.775. The van der Waals surface area contributed by atoms with Crippen LogP contribution in [0.15, 0.2) is 0 Å². The molecule has 0 bridgehead atoms. The van der Waals surface area contributed by atoms with Gasteiger partial charge in [-0.3, -0.25) is 4.79 Å². The van der Waals surface area contributed by atoms with Crippen molar-refractivity contribution >= 4 is 17.7 Å². The number of hydrogen-bond acceptors (Lipinski definition) is 4. The SMILES string of the molecule is COCCCSCC(NC(C)C)C(=O)O. The average molecular weight is 235 g/mol. The van der Waals surface area contributed by atoms with Crippen LogP contribution in [0.4, 0.5) is 0 Å². The summed E-state index contributed by atoms with van der Waals surface area (Å²) in [5, 5.41) is 11.9. The Morgan fingerprint density at radius 1 is 1.53 bits per heavy atom. The quantitative estimate of drug-likeness (QED) is 0.588. The normalized spacial score (nSPS) is 13.1. The third kappa shape index (κ3) is 8.72. The van der Waals surface area contributed by atoms with Gasteiger partial charge in [0.2, 0.25) is 0 Å². The third-order valence-corrected chi connectivity index (χ3v) is 2.90. The van der Waals surface area contributed by atoms with E-state index in [4.69, 9.17) is 9.84 Å². The fourth-order valence-corrected chi connectivity index (χ4v) is 2.06. The van der Waals surface area contributed by atoms with Crippen LogP contribution in [0.25, 0.3) is 0 Å². The van der Waals surface area contributed by atoms with Crippen molar-refractivity contribution in [3.63, 3.8) is 0 Å². The second-order valence-corrected chi connectivity index (χ2v) is 4.78. The van der Waals surface area contributed by atoms with Crippen LogP contribution in [-0.4, -0.2) is 48.4 Å². The molecule has 1 atom stereocenters. The van der Waals surface area contributed by atoms with Gasteiger partial charge in [-0.2, -0.15) is 11.8 Å². The average Bonchev–Trinajstić information content (AvgIpc) is 2.15. The highest BCUT2D eigenvalue weighted by molar-refractivity contribution is 7.99. The van der Waals surface area contributed by atoms with Crippen molar-refractivity contribution in [2.45, 2.75) is 32.4 Å². The monoisotopic (exact) mass is 235 g/mol. The summed E-state index contributed by atoms with van der Waals surface area (Å²) >= 11 is 1.65. The van der Waals surface area contributed by atoms with E-state index in [2.05, 4.69) is 5.32 Å². The number of nitrogens with one attached hydrogen (secondary N) is 1. The number of rotatable bonds is 9. The number of carboxylic acids is 1. The molecule has 0 aromatic rings. The van der Waals surface area contributed by atoms with Crippen LogP contribution in [0.1, 0.15) is 20.3 Å². The number of aliphatic carboxylic acids is 1. The molecule has 0 saturated heterocycles. The molecule has 0 radical (unpaired) electrons. The van der Waals surface area contributed by atoms with E-state index in [-0.39, 0.29) is 6.04 Å². The Hall–Kier alpha value is -0.260. The molecule has 1 unspecified atom stereocenters. The molecule has 15 heavy (non-hydrogen) atoms. The lowest BCUT2D eigenvalue weighted by atomic mass is 10.3. The molecule has 2 N–H and O–H groups in total. The summed E-state index contributed by atoms with van der Waals surface area (Å²) in [6.45, 7) is 4.64.